The maximum absolute atomic E-state index is 12.0. The first kappa shape index (κ1) is 13.7. The van der Waals surface area contributed by atoms with E-state index in [9.17, 15) is 9.59 Å². The van der Waals surface area contributed by atoms with Crippen LogP contribution in [0.1, 0.15) is 18.4 Å². The molecule has 1 saturated heterocycles. The van der Waals surface area contributed by atoms with Gasteiger partial charge >= 0.3 is 6.09 Å². The molecule has 0 aromatic heterocycles. The van der Waals surface area contributed by atoms with E-state index < -0.39 is 5.60 Å². The highest BCUT2D eigenvalue weighted by atomic mass is 16.6. The number of likely N-dealkylation sites (tertiary alicyclic amines) is 1. The fourth-order valence-corrected chi connectivity index (χ4v) is 2.66. The number of hydrogen-bond donors (Lipinski definition) is 0. The van der Waals surface area contributed by atoms with E-state index in [-0.39, 0.29) is 18.5 Å². The molecule has 2 aliphatic heterocycles. The number of rotatable bonds is 2. The Balaban J connectivity index is 1.50. The number of carbonyl (C=O) groups excluding carboxylic acids is 2. The van der Waals surface area contributed by atoms with Crippen molar-refractivity contribution < 1.29 is 19.1 Å². The molecule has 0 bridgehead atoms. The molecule has 0 aliphatic carbocycles. The molecule has 1 aromatic carbocycles. The lowest BCUT2D eigenvalue weighted by molar-refractivity contribution is -0.133. The van der Waals surface area contributed by atoms with Gasteiger partial charge in [-0.15, -0.1) is 0 Å². The summed E-state index contributed by atoms with van der Waals surface area (Å²) in [6, 6.07) is 9.56. The van der Waals surface area contributed by atoms with Gasteiger partial charge in [-0.25, -0.2) is 4.79 Å². The summed E-state index contributed by atoms with van der Waals surface area (Å²) in [5.74, 6) is -0.000182. The molecule has 21 heavy (non-hydrogen) atoms. The third kappa shape index (κ3) is 2.77. The molecule has 2 heterocycles. The van der Waals surface area contributed by atoms with Crippen molar-refractivity contribution in [2.75, 3.05) is 13.1 Å². The third-order valence-electron chi connectivity index (χ3n) is 4.00. The molecule has 0 N–H and O–H groups in total. The number of hydrogen-bond acceptors (Lipinski definition) is 4. The second-order valence-corrected chi connectivity index (χ2v) is 5.31. The molecule has 1 spiro atoms. The lowest BCUT2D eigenvalue weighted by atomic mass is 9.88. The number of piperidine rings is 1. The predicted molar refractivity (Wildman–Crippen MR) is 75.4 cm³/mol. The molecular formula is C16H17NO4. The summed E-state index contributed by atoms with van der Waals surface area (Å²) in [4.78, 5) is 25.4. The highest BCUT2D eigenvalue weighted by Gasteiger charge is 2.45. The average molecular weight is 287 g/mol. The second kappa shape index (κ2) is 5.60. The van der Waals surface area contributed by atoms with Crippen LogP contribution in [-0.2, 0) is 20.9 Å². The Labute approximate surface area is 123 Å². The minimum absolute atomic E-state index is 0.000182. The van der Waals surface area contributed by atoms with Gasteiger partial charge < -0.3 is 14.4 Å². The highest BCUT2D eigenvalue weighted by Crippen LogP contribution is 2.31. The summed E-state index contributed by atoms with van der Waals surface area (Å²) in [5, 5.41) is 0. The van der Waals surface area contributed by atoms with Crippen LogP contribution < -0.4 is 0 Å². The molecule has 5 heteroatoms. The number of ether oxygens (including phenoxy) is 2. The monoisotopic (exact) mass is 287 g/mol. The van der Waals surface area contributed by atoms with Gasteiger partial charge in [0.05, 0.1) is 6.26 Å². The molecule has 0 atom stereocenters. The van der Waals surface area contributed by atoms with Gasteiger partial charge in [-0.2, -0.15) is 0 Å². The highest BCUT2D eigenvalue weighted by molar-refractivity contribution is 5.98. The number of ketones is 1. The fraction of sp³-hybridized carbons (Fsp3) is 0.375. The van der Waals surface area contributed by atoms with Crippen molar-refractivity contribution in [3.05, 3.63) is 48.2 Å². The SMILES string of the molecule is O=C(OCc1ccccc1)N1CCC2(CC1)OC=CC2=O. The van der Waals surface area contributed by atoms with Crippen LogP contribution in [0.25, 0.3) is 0 Å². The van der Waals surface area contributed by atoms with Crippen molar-refractivity contribution in [2.24, 2.45) is 0 Å². The van der Waals surface area contributed by atoms with Crippen LogP contribution in [0.5, 0.6) is 0 Å². The Kier molecular flexibility index (Phi) is 3.64. The molecule has 0 radical (unpaired) electrons. The van der Waals surface area contributed by atoms with Crippen LogP contribution >= 0.6 is 0 Å². The normalized spacial score (nSPS) is 19.6. The van der Waals surface area contributed by atoms with Gasteiger partial charge in [0.1, 0.15) is 6.61 Å². The number of nitrogens with zero attached hydrogens (tertiary/aromatic N) is 1. The van der Waals surface area contributed by atoms with E-state index in [1.807, 2.05) is 30.3 Å². The fourth-order valence-electron chi connectivity index (χ4n) is 2.66. The van der Waals surface area contributed by atoms with Crippen LogP contribution in [0.15, 0.2) is 42.7 Å². The minimum Gasteiger partial charge on any atom is -0.486 e. The number of carbonyl (C=O) groups is 2. The van der Waals surface area contributed by atoms with Gasteiger partial charge in [-0.3, -0.25) is 4.79 Å². The van der Waals surface area contributed by atoms with Crippen LogP contribution in [-0.4, -0.2) is 35.5 Å². The van der Waals surface area contributed by atoms with Crippen LogP contribution in [0.4, 0.5) is 4.79 Å². The maximum Gasteiger partial charge on any atom is 0.410 e. The predicted octanol–water partition coefficient (Wildman–Crippen LogP) is 2.27. The van der Waals surface area contributed by atoms with Crippen molar-refractivity contribution in [3.63, 3.8) is 0 Å². The van der Waals surface area contributed by atoms with Crippen molar-refractivity contribution in [2.45, 2.75) is 25.0 Å². The topological polar surface area (TPSA) is 55.8 Å². The van der Waals surface area contributed by atoms with Crippen molar-refractivity contribution in [1.82, 2.24) is 4.90 Å². The second-order valence-electron chi connectivity index (χ2n) is 5.31. The van der Waals surface area contributed by atoms with Gasteiger partial charge in [-0.1, -0.05) is 30.3 Å². The third-order valence-corrected chi connectivity index (χ3v) is 4.00. The molecular weight excluding hydrogens is 270 g/mol. The molecule has 1 fully saturated rings. The van der Waals surface area contributed by atoms with Gasteiger partial charge in [0.25, 0.3) is 0 Å². The average Bonchev–Trinajstić information content (AvgIpc) is 2.87. The molecule has 5 nitrogen and oxygen atoms in total. The summed E-state index contributed by atoms with van der Waals surface area (Å²) < 4.78 is 10.7. The van der Waals surface area contributed by atoms with Crippen molar-refractivity contribution >= 4 is 11.9 Å². The Morgan fingerprint density at radius 2 is 1.95 bits per heavy atom. The standard InChI is InChI=1S/C16H17NO4/c18-14-6-11-21-16(14)7-9-17(10-8-16)15(19)20-12-13-4-2-1-3-5-13/h1-6,11H,7-10,12H2. The molecule has 3 rings (SSSR count). The number of amides is 1. The van der Waals surface area contributed by atoms with E-state index in [2.05, 4.69) is 0 Å². The maximum atomic E-state index is 12.0. The molecule has 2 aliphatic rings. The first-order valence-electron chi connectivity index (χ1n) is 7.04. The van der Waals surface area contributed by atoms with Crippen LogP contribution in [0.3, 0.4) is 0 Å². The van der Waals surface area contributed by atoms with E-state index in [1.165, 1.54) is 12.3 Å². The molecule has 0 unspecified atom stereocenters. The van der Waals surface area contributed by atoms with Crippen molar-refractivity contribution in [1.29, 1.82) is 0 Å². The Hall–Kier alpha value is -2.30. The lowest BCUT2D eigenvalue weighted by Gasteiger charge is -2.36. The summed E-state index contributed by atoms with van der Waals surface area (Å²) in [5.41, 5.74) is 0.216. The summed E-state index contributed by atoms with van der Waals surface area (Å²) in [6.45, 7) is 1.21. The molecule has 0 saturated carbocycles. The molecule has 1 amide bonds. The van der Waals surface area contributed by atoms with E-state index >= 15 is 0 Å². The summed E-state index contributed by atoms with van der Waals surface area (Å²) in [6.07, 6.45) is 3.60. The zero-order chi connectivity index (χ0) is 14.7. The zero-order valence-electron chi connectivity index (χ0n) is 11.7. The smallest absolute Gasteiger partial charge is 0.410 e. The Morgan fingerprint density at radius 3 is 2.57 bits per heavy atom. The van der Waals surface area contributed by atoms with Gasteiger partial charge in [0.15, 0.2) is 5.60 Å². The zero-order valence-corrected chi connectivity index (χ0v) is 11.7. The molecule has 1 aromatic rings. The van der Waals surface area contributed by atoms with E-state index in [0.29, 0.717) is 25.9 Å². The van der Waals surface area contributed by atoms with Gasteiger partial charge in [0.2, 0.25) is 5.78 Å². The first-order chi connectivity index (χ1) is 10.2. The minimum atomic E-state index is -0.740. The van der Waals surface area contributed by atoms with Crippen LogP contribution in [0.2, 0.25) is 0 Å². The summed E-state index contributed by atoms with van der Waals surface area (Å²) in [7, 11) is 0. The number of benzene rings is 1. The Morgan fingerprint density at radius 1 is 1.24 bits per heavy atom. The van der Waals surface area contributed by atoms with Crippen LogP contribution in [0, 0.1) is 0 Å². The first-order valence-corrected chi connectivity index (χ1v) is 7.04. The Bertz CT molecular complexity index is 559. The van der Waals surface area contributed by atoms with Gasteiger partial charge in [-0.05, 0) is 5.56 Å². The lowest BCUT2D eigenvalue weighted by Crippen LogP contribution is -2.50. The van der Waals surface area contributed by atoms with Gasteiger partial charge in [0, 0.05) is 32.0 Å². The van der Waals surface area contributed by atoms with E-state index in [1.54, 1.807) is 4.90 Å². The molecule has 110 valence electrons. The summed E-state index contributed by atoms with van der Waals surface area (Å²) >= 11 is 0. The van der Waals surface area contributed by atoms with Crippen molar-refractivity contribution in [3.8, 4) is 0 Å². The quantitative estimate of drug-likeness (QED) is 0.837. The largest absolute Gasteiger partial charge is 0.486 e. The van der Waals surface area contributed by atoms with E-state index in [0.717, 1.165) is 5.56 Å². The van der Waals surface area contributed by atoms with E-state index in [4.69, 9.17) is 9.47 Å².